The third kappa shape index (κ3) is 6.22. The smallest absolute Gasteiger partial charge is 0.324 e. The van der Waals surface area contributed by atoms with Crippen molar-refractivity contribution in [2.45, 2.75) is 30.8 Å². The van der Waals surface area contributed by atoms with Gasteiger partial charge in [0, 0.05) is 5.02 Å². The fraction of sp³-hybridized carbons (Fsp3) is 0.231. The van der Waals surface area contributed by atoms with E-state index in [4.69, 9.17) is 20.8 Å². The molecule has 0 bridgehead atoms. The number of hydrogen-bond acceptors (Lipinski definition) is 7. The van der Waals surface area contributed by atoms with Crippen molar-refractivity contribution < 1.29 is 27.2 Å². The largest absolute Gasteiger partial charge is 0.467 e. The predicted octanol–water partition coefficient (Wildman–Crippen LogP) is 3.91. The number of carbonyl (C=O) groups excluding carboxylic acids is 2. The van der Waals surface area contributed by atoms with Gasteiger partial charge in [0.2, 0.25) is 10.0 Å². The lowest BCUT2D eigenvalue weighted by atomic mass is 10.1. The summed E-state index contributed by atoms with van der Waals surface area (Å²) in [5, 5.41) is 1.88. The predicted molar refractivity (Wildman–Crippen MR) is 137 cm³/mol. The van der Waals surface area contributed by atoms with Gasteiger partial charge < -0.3 is 9.15 Å². The molecule has 2 heterocycles. The molecule has 1 amide bonds. The van der Waals surface area contributed by atoms with Crippen LogP contribution in [0.25, 0.3) is 5.70 Å². The van der Waals surface area contributed by atoms with Crippen LogP contribution in [0.2, 0.25) is 5.02 Å². The summed E-state index contributed by atoms with van der Waals surface area (Å²) >= 11 is 5.99. The monoisotopic (exact) mass is 543 g/mol. The molecule has 11 heteroatoms. The highest BCUT2D eigenvalue weighted by Crippen LogP contribution is 2.32. The standard InChI is InChI=1S/C26H26ClN3O6S/c1-17(2)25(29-37(33,34)20-7-4-3-5-8-20)26(32)36-16-24(31)30-22(23-9-6-14-35-23)15-21(28-30)18-10-12-19(27)13-11-18/h3-15,17,22,25,28-29H,16H2,1-2H3/t22-,25-/m1/s1. The Bertz CT molecular complexity index is 1370. The lowest BCUT2D eigenvalue weighted by Gasteiger charge is -2.25. The van der Waals surface area contributed by atoms with E-state index in [0.29, 0.717) is 16.5 Å². The quantitative estimate of drug-likeness (QED) is 0.393. The van der Waals surface area contributed by atoms with Crippen LogP contribution >= 0.6 is 11.6 Å². The van der Waals surface area contributed by atoms with Crippen LogP contribution in [0.5, 0.6) is 0 Å². The van der Waals surface area contributed by atoms with E-state index in [1.807, 2.05) is 6.08 Å². The Balaban J connectivity index is 1.45. The van der Waals surface area contributed by atoms with Crippen LogP contribution in [0.3, 0.4) is 0 Å². The first-order valence-corrected chi connectivity index (χ1v) is 13.4. The minimum Gasteiger partial charge on any atom is -0.467 e. The molecule has 1 aliphatic heterocycles. The molecule has 0 saturated heterocycles. The maximum atomic E-state index is 13.1. The lowest BCUT2D eigenvalue weighted by molar-refractivity contribution is -0.155. The Morgan fingerprint density at radius 2 is 1.78 bits per heavy atom. The molecule has 0 unspecified atom stereocenters. The molecule has 4 rings (SSSR count). The molecule has 3 aromatic rings. The van der Waals surface area contributed by atoms with E-state index in [0.717, 1.165) is 5.56 Å². The summed E-state index contributed by atoms with van der Waals surface area (Å²) in [5.74, 6) is -1.34. The lowest BCUT2D eigenvalue weighted by Crippen LogP contribution is -2.47. The number of rotatable bonds is 9. The number of ether oxygens (including phenoxy) is 1. The van der Waals surface area contributed by atoms with Gasteiger partial charge in [0.25, 0.3) is 5.91 Å². The van der Waals surface area contributed by atoms with Crippen molar-refractivity contribution in [1.29, 1.82) is 0 Å². The van der Waals surface area contributed by atoms with E-state index < -0.39 is 46.5 Å². The van der Waals surface area contributed by atoms with E-state index in [9.17, 15) is 18.0 Å². The van der Waals surface area contributed by atoms with E-state index in [2.05, 4.69) is 10.1 Å². The third-order valence-corrected chi connectivity index (χ3v) is 7.41. The van der Waals surface area contributed by atoms with Crippen molar-refractivity contribution in [3.05, 3.63) is 95.4 Å². The first-order chi connectivity index (χ1) is 17.7. The van der Waals surface area contributed by atoms with Crippen LogP contribution in [-0.4, -0.2) is 38.0 Å². The number of nitrogens with zero attached hydrogens (tertiary/aromatic N) is 1. The fourth-order valence-electron chi connectivity index (χ4n) is 3.73. The second-order valence-electron chi connectivity index (χ2n) is 8.69. The number of hydrogen-bond donors (Lipinski definition) is 2. The number of hydrazine groups is 1. The Morgan fingerprint density at radius 1 is 1.08 bits per heavy atom. The molecule has 0 fully saturated rings. The van der Waals surface area contributed by atoms with Gasteiger partial charge in [-0.3, -0.25) is 15.0 Å². The van der Waals surface area contributed by atoms with Gasteiger partial charge >= 0.3 is 5.97 Å². The second-order valence-corrected chi connectivity index (χ2v) is 10.8. The topological polar surface area (TPSA) is 118 Å². The number of carbonyl (C=O) groups is 2. The van der Waals surface area contributed by atoms with Gasteiger partial charge in [0.05, 0.1) is 16.9 Å². The van der Waals surface area contributed by atoms with Gasteiger partial charge in [-0.25, -0.2) is 13.4 Å². The summed E-state index contributed by atoms with van der Waals surface area (Å²) in [6.45, 7) is 2.75. The van der Waals surface area contributed by atoms with Crippen molar-refractivity contribution in [2.75, 3.05) is 6.61 Å². The molecule has 194 valence electrons. The van der Waals surface area contributed by atoms with Gasteiger partial charge in [0.1, 0.15) is 17.8 Å². The number of halogens is 1. The number of amides is 1. The number of furan rings is 1. The van der Waals surface area contributed by atoms with E-state index in [1.165, 1.54) is 23.4 Å². The molecular formula is C26H26ClN3O6S. The van der Waals surface area contributed by atoms with Crippen LogP contribution < -0.4 is 10.1 Å². The summed E-state index contributed by atoms with van der Waals surface area (Å²) in [6, 6.07) is 16.4. The van der Waals surface area contributed by atoms with Gasteiger partial charge in [0.15, 0.2) is 6.61 Å². The average molecular weight is 544 g/mol. The van der Waals surface area contributed by atoms with Crippen molar-refractivity contribution in [3.63, 3.8) is 0 Å². The highest BCUT2D eigenvalue weighted by molar-refractivity contribution is 7.89. The number of benzene rings is 2. The second kappa shape index (κ2) is 11.2. The zero-order valence-electron chi connectivity index (χ0n) is 20.1. The van der Waals surface area contributed by atoms with Gasteiger partial charge in [-0.1, -0.05) is 55.8 Å². The van der Waals surface area contributed by atoms with Crippen molar-refractivity contribution in [3.8, 4) is 0 Å². The molecular weight excluding hydrogens is 518 g/mol. The first-order valence-electron chi connectivity index (χ1n) is 11.5. The highest BCUT2D eigenvalue weighted by Gasteiger charge is 2.35. The van der Waals surface area contributed by atoms with Crippen LogP contribution in [0.15, 0.2) is 88.4 Å². The molecule has 9 nitrogen and oxygen atoms in total. The van der Waals surface area contributed by atoms with Gasteiger partial charge in [-0.05, 0) is 54.0 Å². The summed E-state index contributed by atoms with van der Waals surface area (Å²) in [4.78, 5) is 26.0. The first kappa shape index (κ1) is 26.5. The number of sulfonamides is 1. The summed E-state index contributed by atoms with van der Waals surface area (Å²) < 4.78 is 38.6. The summed E-state index contributed by atoms with van der Waals surface area (Å²) in [5.41, 5.74) is 4.48. The summed E-state index contributed by atoms with van der Waals surface area (Å²) in [7, 11) is -3.97. The molecule has 1 aromatic heterocycles. The maximum absolute atomic E-state index is 13.1. The normalized spacial score (nSPS) is 16.3. The Labute approximate surface area is 220 Å². The molecule has 0 saturated carbocycles. The van der Waals surface area contributed by atoms with Crippen molar-refractivity contribution in [1.82, 2.24) is 15.2 Å². The molecule has 2 aromatic carbocycles. The van der Waals surface area contributed by atoms with Gasteiger partial charge in [-0.15, -0.1) is 0 Å². The zero-order chi connectivity index (χ0) is 26.6. The zero-order valence-corrected chi connectivity index (χ0v) is 21.7. The minimum atomic E-state index is -3.97. The van der Waals surface area contributed by atoms with Crippen molar-refractivity contribution in [2.24, 2.45) is 5.92 Å². The molecule has 1 aliphatic rings. The van der Waals surface area contributed by atoms with Crippen LogP contribution in [0.4, 0.5) is 0 Å². The molecule has 0 spiro atoms. The van der Waals surface area contributed by atoms with Crippen molar-refractivity contribution >= 4 is 39.2 Å². The molecule has 0 aliphatic carbocycles. The van der Waals surface area contributed by atoms with E-state index in [1.54, 1.807) is 68.4 Å². The average Bonchev–Trinajstić information content (AvgIpc) is 3.57. The summed E-state index contributed by atoms with van der Waals surface area (Å²) in [6.07, 6.45) is 3.31. The number of esters is 1. The Morgan fingerprint density at radius 3 is 2.41 bits per heavy atom. The SMILES string of the molecule is CC(C)[C@@H](NS(=O)(=O)c1ccccc1)C(=O)OCC(=O)N1NC(c2ccc(Cl)cc2)=C[C@@H]1c1ccco1. The molecule has 0 radical (unpaired) electrons. The Kier molecular flexibility index (Phi) is 8.01. The minimum absolute atomic E-state index is 0.0212. The fourth-order valence-corrected chi connectivity index (χ4v) is 5.21. The number of nitrogens with one attached hydrogen (secondary N) is 2. The maximum Gasteiger partial charge on any atom is 0.324 e. The molecule has 2 atom stereocenters. The Hall–Kier alpha value is -3.60. The molecule has 2 N–H and O–H groups in total. The van der Waals surface area contributed by atoms with Crippen LogP contribution in [0.1, 0.15) is 31.2 Å². The van der Waals surface area contributed by atoms with Crippen LogP contribution in [-0.2, 0) is 24.3 Å². The third-order valence-electron chi connectivity index (χ3n) is 5.70. The van der Waals surface area contributed by atoms with Gasteiger partial charge in [-0.2, -0.15) is 4.72 Å². The molecule has 37 heavy (non-hydrogen) atoms. The van der Waals surface area contributed by atoms with E-state index in [-0.39, 0.29) is 4.90 Å². The van der Waals surface area contributed by atoms with E-state index >= 15 is 0 Å². The van der Waals surface area contributed by atoms with Crippen LogP contribution in [0, 0.1) is 5.92 Å². The highest BCUT2D eigenvalue weighted by atomic mass is 35.5.